The molecule has 0 radical (unpaired) electrons. The first kappa shape index (κ1) is 15.0. The zero-order valence-corrected chi connectivity index (χ0v) is 14.0. The third kappa shape index (κ3) is 2.39. The van der Waals surface area contributed by atoms with Crippen LogP contribution in [0.3, 0.4) is 0 Å². The fourth-order valence-electron chi connectivity index (χ4n) is 4.08. The Morgan fingerprint density at radius 1 is 0.708 bits per heavy atom. The molecule has 0 unspecified atom stereocenters. The van der Waals surface area contributed by atoms with Crippen LogP contribution in [0.4, 0.5) is 0 Å². The molecule has 1 atom stereocenters. The number of benzene rings is 3. The van der Waals surface area contributed by atoms with Gasteiger partial charge in [-0.25, -0.2) is 0 Å². The van der Waals surface area contributed by atoms with E-state index in [1.165, 1.54) is 22.3 Å². The molecule has 0 spiro atoms. The van der Waals surface area contributed by atoms with Crippen molar-refractivity contribution in [3.05, 3.63) is 119 Å². The highest BCUT2D eigenvalue weighted by Gasteiger charge is 2.43. The second kappa shape index (κ2) is 6.13. The van der Waals surface area contributed by atoms with Crippen molar-refractivity contribution in [2.24, 2.45) is 0 Å². The van der Waals surface area contributed by atoms with Crippen LogP contribution in [0.25, 0.3) is 0 Å². The van der Waals surface area contributed by atoms with Crippen molar-refractivity contribution in [2.45, 2.75) is 24.7 Å². The summed E-state index contributed by atoms with van der Waals surface area (Å²) >= 11 is 0. The fourth-order valence-corrected chi connectivity index (χ4v) is 4.08. The maximum absolute atomic E-state index is 2.39. The van der Waals surface area contributed by atoms with Crippen molar-refractivity contribution in [1.29, 1.82) is 0 Å². The Bertz CT molecular complexity index is 787. The average molecular weight is 310 g/mol. The molecule has 0 saturated carbocycles. The number of aryl methyl sites for hydroxylation is 1. The highest BCUT2D eigenvalue weighted by molar-refractivity contribution is 5.50. The topological polar surface area (TPSA) is 0 Å². The van der Waals surface area contributed by atoms with E-state index in [-0.39, 0.29) is 5.41 Å². The molecule has 3 aromatic carbocycles. The highest BCUT2D eigenvalue weighted by Crippen LogP contribution is 2.51. The molecule has 0 saturated heterocycles. The van der Waals surface area contributed by atoms with Gasteiger partial charge >= 0.3 is 0 Å². The van der Waals surface area contributed by atoms with Gasteiger partial charge in [-0.2, -0.15) is 0 Å². The lowest BCUT2D eigenvalue weighted by Crippen LogP contribution is -2.31. The van der Waals surface area contributed by atoms with Crippen molar-refractivity contribution >= 4 is 0 Å². The Morgan fingerprint density at radius 2 is 1.25 bits per heavy atom. The van der Waals surface area contributed by atoms with Crippen molar-refractivity contribution in [2.75, 3.05) is 0 Å². The van der Waals surface area contributed by atoms with E-state index in [1.807, 2.05) is 0 Å². The summed E-state index contributed by atoms with van der Waals surface area (Å²) in [6.07, 6.45) is 5.79. The Morgan fingerprint density at radius 3 is 1.79 bits per heavy atom. The molecule has 0 fully saturated rings. The molecular weight excluding hydrogens is 288 g/mol. The third-order valence-corrected chi connectivity index (χ3v) is 5.31. The second-order valence-corrected chi connectivity index (χ2v) is 6.72. The van der Waals surface area contributed by atoms with Crippen LogP contribution in [0.5, 0.6) is 0 Å². The van der Waals surface area contributed by atoms with Crippen LogP contribution in [-0.2, 0) is 5.41 Å². The summed E-state index contributed by atoms with van der Waals surface area (Å²) in [5.41, 5.74) is 5.48. The second-order valence-electron chi connectivity index (χ2n) is 6.72. The molecule has 0 amide bonds. The van der Waals surface area contributed by atoms with Gasteiger partial charge < -0.3 is 0 Å². The van der Waals surface area contributed by atoms with Gasteiger partial charge in [-0.3, -0.25) is 0 Å². The van der Waals surface area contributed by atoms with Gasteiger partial charge in [0.25, 0.3) is 0 Å². The molecule has 0 N–H and O–H groups in total. The molecule has 1 aliphatic carbocycles. The molecule has 0 aromatic heterocycles. The number of allylic oxidation sites excluding steroid dienone is 2. The summed E-state index contributed by atoms with van der Waals surface area (Å²) in [6.45, 7) is 2.15. The zero-order valence-electron chi connectivity index (χ0n) is 14.0. The predicted molar refractivity (Wildman–Crippen MR) is 101 cm³/mol. The lowest BCUT2D eigenvalue weighted by molar-refractivity contribution is 0.496. The minimum Gasteiger partial charge on any atom is -0.0866 e. The molecule has 0 nitrogen and oxygen atoms in total. The van der Waals surface area contributed by atoms with E-state index in [0.29, 0.717) is 5.92 Å². The molecule has 118 valence electrons. The molecule has 0 bridgehead atoms. The van der Waals surface area contributed by atoms with Crippen LogP contribution in [0.15, 0.2) is 97.1 Å². The molecule has 0 heteroatoms. The van der Waals surface area contributed by atoms with E-state index in [9.17, 15) is 0 Å². The van der Waals surface area contributed by atoms with Gasteiger partial charge in [-0.15, -0.1) is 0 Å². The van der Waals surface area contributed by atoms with Crippen LogP contribution >= 0.6 is 0 Å². The van der Waals surface area contributed by atoms with Gasteiger partial charge in [0, 0.05) is 11.3 Å². The Labute approximate surface area is 144 Å². The number of rotatable bonds is 3. The maximum Gasteiger partial charge on any atom is 0.0340 e. The van der Waals surface area contributed by atoms with E-state index in [1.54, 1.807) is 0 Å². The van der Waals surface area contributed by atoms with Gasteiger partial charge in [-0.05, 0) is 30.0 Å². The van der Waals surface area contributed by atoms with Crippen LogP contribution < -0.4 is 0 Å². The third-order valence-electron chi connectivity index (χ3n) is 5.31. The monoisotopic (exact) mass is 310 g/mol. The first-order valence-corrected chi connectivity index (χ1v) is 8.65. The van der Waals surface area contributed by atoms with Gasteiger partial charge in [0.15, 0.2) is 0 Å². The van der Waals surface area contributed by atoms with Gasteiger partial charge in [0.2, 0.25) is 0 Å². The molecular formula is C24H22. The first-order chi connectivity index (χ1) is 11.8. The van der Waals surface area contributed by atoms with Crippen LogP contribution in [0, 0.1) is 6.92 Å². The highest BCUT2D eigenvalue weighted by atomic mass is 14.5. The van der Waals surface area contributed by atoms with E-state index in [0.717, 1.165) is 6.42 Å². The van der Waals surface area contributed by atoms with Gasteiger partial charge in [-0.1, -0.05) is 103 Å². The minimum absolute atomic E-state index is 0.0161. The van der Waals surface area contributed by atoms with Crippen LogP contribution in [0.2, 0.25) is 0 Å². The lowest BCUT2D eigenvalue weighted by atomic mass is 9.65. The van der Waals surface area contributed by atoms with Gasteiger partial charge in [0.1, 0.15) is 0 Å². The zero-order chi connectivity index (χ0) is 16.4. The summed E-state index contributed by atoms with van der Waals surface area (Å²) in [5, 5.41) is 0. The van der Waals surface area contributed by atoms with E-state index >= 15 is 0 Å². The molecule has 3 aromatic rings. The van der Waals surface area contributed by atoms with Crippen molar-refractivity contribution in [3.63, 3.8) is 0 Å². The minimum atomic E-state index is -0.0161. The molecule has 1 aliphatic rings. The molecule has 4 rings (SSSR count). The van der Waals surface area contributed by atoms with Crippen molar-refractivity contribution < 1.29 is 0 Å². The summed E-state index contributed by atoms with van der Waals surface area (Å²) in [5.74, 6) is 0.364. The first-order valence-electron chi connectivity index (χ1n) is 8.65. The number of hydrogen-bond acceptors (Lipinski definition) is 0. The van der Waals surface area contributed by atoms with E-state index < -0.39 is 0 Å². The Hall–Kier alpha value is -2.60. The Balaban J connectivity index is 1.92. The Kier molecular flexibility index (Phi) is 3.82. The van der Waals surface area contributed by atoms with E-state index in [4.69, 9.17) is 0 Å². The summed E-state index contributed by atoms with van der Waals surface area (Å²) in [6, 6.07) is 31.0. The smallest absolute Gasteiger partial charge is 0.0340 e. The lowest BCUT2D eigenvalue weighted by Gasteiger charge is -2.37. The summed E-state index contributed by atoms with van der Waals surface area (Å²) in [4.78, 5) is 0. The number of hydrogen-bond donors (Lipinski definition) is 0. The average Bonchev–Trinajstić information content (AvgIpc) is 3.10. The van der Waals surface area contributed by atoms with Gasteiger partial charge in [0.05, 0.1) is 0 Å². The summed E-state index contributed by atoms with van der Waals surface area (Å²) in [7, 11) is 0. The largest absolute Gasteiger partial charge is 0.0866 e. The SMILES string of the molecule is Cc1ccc([C@H]2C=CCC2(c2ccccc2)c2ccccc2)cc1. The standard InChI is InChI=1S/C24H22/c1-19-14-16-20(17-15-19)23-13-8-18-24(23,21-9-4-2-5-10-21)22-11-6-3-7-12-22/h2-17,23H,18H2,1H3/t23-/m1/s1. The van der Waals surface area contributed by atoms with Crippen molar-refractivity contribution in [3.8, 4) is 0 Å². The van der Waals surface area contributed by atoms with Crippen molar-refractivity contribution in [1.82, 2.24) is 0 Å². The quantitative estimate of drug-likeness (QED) is 0.518. The molecule has 0 aliphatic heterocycles. The predicted octanol–water partition coefficient (Wildman–Crippen LogP) is 6.02. The van der Waals surface area contributed by atoms with Crippen LogP contribution in [0.1, 0.15) is 34.6 Å². The van der Waals surface area contributed by atoms with Crippen LogP contribution in [-0.4, -0.2) is 0 Å². The fraction of sp³-hybridized carbons (Fsp3) is 0.167. The molecule has 0 heterocycles. The maximum atomic E-state index is 2.39. The van der Waals surface area contributed by atoms with E-state index in [2.05, 4.69) is 104 Å². The normalized spacial score (nSPS) is 18.6. The molecule has 24 heavy (non-hydrogen) atoms. The summed E-state index contributed by atoms with van der Waals surface area (Å²) < 4.78 is 0.